The molecule has 1 amide bonds. The highest BCUT2D eigenvalue weighted by Gasteiger charge is 2.42. The van der Waals surface area contributed by atoms with Gasteiger partial charge in [0.25, 0.3) is 0 Å². The molecule has 2 aliphatic carbocycles. The highest BCUT2D eigenvalue weighted by atomic mass is 19.1. The summed E-state index contributed by atoms with van der Waals surface area (Å²) in [5.74, 6) is 1.37. The lowest BCUT2D eigenvalue weighted by Crippen LogP contribution is -2.27. The molecule has 2 saturated carbocycles. The van der Waals surface area contributed by atoms with Gasteiger partial charge in [0, 0.05) is 11.6 Å². The summed E-state index contributed by atoms with van der Waals surface area (Å²) in [5, 5.41) is 2.89. The smallest absolute Gasteiger partial charge is 0.227 e. The average Bonchev–Trinajstić information content (AvgIpc) is 2.94. The molecule has 1 N–H and O–H groups in total. The predicted molar refractivity (Wildman–Crippen MR) is 64.0 cm³/mol. The molecule has 2 fully saturated rings. The van der Waals surface area contributed by atoms with Crippen molar-refractivity contribution < 1.29 is 9.18 Å². The Morgan fingerprint density at radius 1 is 1.18 bits per heavy atom. The van der Waals surface area contributed by atoms with Crippen molar-refractivity contribution in [1.82, 2.24) is 0 Å². The molecule has 1 aromatic carbocycles. The maximum atomic E-state index is 12.7. The maximum Gasteiger partial charge on any atom is 0.227 e. The Hall–Kier alpha value is -1.38. The Morgan fingerprint density at radius 2 is 1.94 bits per heavy atom. The van der Waals surface area contributed by atoms with Crippen molar-refractivity contribution >= 4 is 11.6 Å². The zero-order valence-electron chi connectivity index (χ0n) is 9.66. The second-order valence-electron chi connectivity index (χ2n) is 5.28. The first-order valence-corrected chi connectivity index (χ1v) is 6.29. The fourth-order valence-corrected chi connectivity index (χ4v) is 3.33. The van der Waals surface area contributed by atoms with Crippen LogP contribution in [-0.4, -0.2) is 5.91 Å². The van der Waals surface area contributed by atoms with Gasteiger partial charge in [-0.15, -0.1) is 0 Å². The normalized spacial score (nSPS) is 30.5. The highest BCUT2D eigenvalue weighted by molar-refractivity contribution is 5.93. The van der Waals surface area contributed by atoms with E-state index in [2.05, 4.69) is 5.32 Å². The largest absolute Gasteiger partial charge is 0.326 e. The summed E-state index contributed by atoms with van der Waals surface area (Å²) in [6.07, 6.45) is 4.76. The molecule has 2 bridgehead atoms. The molecule has 2 nitrogen and oxygen atoms in total. The number of benzene rings is 1. The van der Waals surface area contributed by atoms with E-state index in [1.54, 1.807) is 12.1 Å². The fraction of sp³-hybridized carbons (Fsp3) is 0.500. The monoisotopic (exact) mass is 233 g/mol. The summed E-state index contributed by atoms with van der Waals surface area (Å²) >= 11 is 0. The number of hydrogen-bond donors (Lipinski definition) is 1. The van der Waals surface area contributed by atoms with Crippen molar-refractivity contribution in [1.29, 1.82) is 0 Å². The van der Waals surface area contributed by atoms with Gasteiger partial charge in [-0.05, 0) is 55.4 Å². The van der Waals surface area contributed by atoms with Crippen LogP contribution in [0.15, 0.2) is 24.3 Å². The van der Waals surface area contributed by atoms with E-state index < -0.39 is 0 Å². The van der Waals surface area contributed by atoms with Crippen molar-refractivity contribution in [2.45, 2.75) is 25.7 Å². The van der Waals surface area contributed by atoms with Crippen LogP contribution in [0.3, 0.4) is 0 Å². The molecule has 3 atom stereocenters. The Bertz CT molecular complexity index is 428. The topological polar surface area (TPSA) is 29.1 Å². The molecule has 3 heteroatoms. The van der Waals surface area contributed by atoms with E-state index in [0.717, 1.165) is 12.3 Å². The Morgan fingerprint density at radius 3 is 2.53 bits per heavy atom. The van der Waals surface area contributed by atoms with Gasteiger partial charge in [0.1, 0.15) is 5.82 Å². The number of hydrogen-bond acceptors (Lipinski definition) is 1. The summed E-state index contributed by atoms with van der Waals surface area (Å²) in [5.41, 5.74) is 0.694. The number of halogens is 1. The molecule has 1 aromatic rings. The minimum absolute atomic E-state index is 0.115. The lowest BCUT2D eigenvalue weighted by atomic mass is 9.88. The zero-order valence-corrected chi connectivity index (χ0v) is 9.66. The third-order valence-corrected chi connectivity index (χ3v) is 4.19. The van der Waals surface area contributed by atoms with Crippen LogP contribution in [0.25, 0.3) is 0 Å². The van der Waals surface area contributed by atoms with Gasteiger partial charge < -0.3 is 5.32 Å². The maximum absolute atomic E-state index is 12.7. The van der Waals surface area contributed by atoms with Gasteiger partial charge >= 0.3 is 0 Å². The fourth-order valence-electron chi connectivity index (χ4n) is 3.33. The standard InChI is InChI=1S/C14H16FNO/c15-11-3-5-12(6-4-11)16-14(17)13-8-9-1-2-10(13)7-9/h3-6,9-10,13H,1-2,7-8H2,(H,16,17)/t9-,10-,13-/m0/s1. The summed E-state index contributed by atoms with van der Waals surface area (Å²) in [4.78, 5) is 12.1. The first-order valence-electron chi connectivity index (χ1n) is 6.29. The number of carbonyl (C=O) groups is 1. The number of amides is 1. The van der Waals surface area contributed by atoms with Crippen LogP contribution in [0.1, 0.15) is 25.7 Å². The van der Waals surface area contributed by atoms with Gasteiger partial charge in [-0.2, -0.15) is 0 Å². The molecule has 2 aliphatic rings. The highest BCUT2D eigenvalue weighted by Crippen LogP contribution is 2.48. The van der Waals surface area contributed by atoms with Crippen LogP contribution in [0.5, 0.6) is 0 Å². The minimum Gasteiger partial charge on any atom is -0.326 e. The molecule has 0 spiro atoms. The summed E-state index contributed by atoms with van der Waals surface area (Å²) in [6, 6.07) is 5.97. The molecule has 0 saturated heterocycles. The quantitative estimate of drug-likeness (QED) is 0.835. The van der Waals surface area contributed by atoms with Gasteiger partial charge in [-0.3, -0.25) is 4.79 Å². The molecule has 0 radical (unpaired) electrons. The van der Waals surface area contributed by atoms with Crippen molar-refractivity contribution in [3.05, 3.63) is 30.1 Å². The summed E-state index contributed by atoms with van der Waals surface area (Å²) in [7, 11) is 0. The van der Waals surface area contributed by atoms with Crippen molar-refractivity contribution in [3.8, 4) is 0 Å². The van der Waals surface area contributed by atoms with E-state index in [1.807, 2.05) is 0 Å². The third-order valence-electron chi connectivity index (χ3n) is 4.19. The second kappa shape index (κ2) is 4.13. The number of nitrogens with one attached hydrogen (secondary N) is 1. The number of anilines is 1. The van der Waals surface area contributed by atoms with E-state index >= 15 is 0 Å². The SMILES string of the molecule is O=C(Nc1ccc(F)cc1)[C@H]1C[C@H]2CC[C@H]1C2. The van der Waals surface area contributed by atoms with Crippen LogP contribution >= 0.6 is 0 Å². The molecule has 0 unspecified atom stereocenters. The number of fused-ring (bicyclic) bond motifs is 2. The molecular formula is C14H16FNO. The molecule has 0 heterocycles. The van der Waals surface area contributed by atoms with Gasteiger partial charge in [0.05, 0.1) is 0 Å². The van der Waals surface area contributed by atoms with E-state index in [9.17, 15) is 9.18 Å². The van der Waals surface area contributed by atoms with Crippen LogP contribution in [0.4, 0.5) is 10.1 Å². The van der Waals surface area contributed by atoms with E-state index in [4.69, 9.17) is 0 Å². The number of rotatable bonds is 2. The van der Waals surface area contributed by atoms with E-state index in [1.165, 1.54) is 31.4 Å². The minimum atomic E-state index is -0.275. The third kappa shape index (κ3) is 2.06. The lowest BCUT2D eigenvalue weighted by molar-refractivity contribution is -0.121. The predicted octanol–water partition coefficient (Wildman–Crippen LogP) is 3.20. The van der Waals surface area contributed by atoms with Crippen molar-refractivity contribution in [2.75, 3.05) is 5.32 Å². The Kier molecular flexibility index (Phi) is 2.61. The Labute approximate surface area is 100 Å². The van der Waals surface area contributed by atoms with E-state index in [0.29, 0.717) is 11.6 Å². The van der Waals surface area contributed by atoms with Crippen LogP contribution < -0.4 is 5.32 Å². The second-order valence-corrected chi connectivity index (χ2v) is 5.28. The van der Waals surface area contributed by atoms with Crippen molar-refractivity contribution in [2.24, 2.45) is 17.8 Å². The van der Waals surface area contributed by atoms with Gasteiger partial charge in [-0.1, -0.05) is 6.42 Å². The van der Waals surface area contributed by atoms with E-state index in [-0.39, 0.29) is 17.6 Å². The van der Waals surface area contributed by atoms with Crippen molar-refractivity contribution in [3.63, 3.8) is 0 Å². The van der Waals surface area contributed by atoms with Crippen LogP contribution in [0, 0.1) is 23.6 Å². The summed E-state index contributed by atoms with van der Waals surface area (Å²) in [6.45, 7) is 0. The molecule has 3 rings (SSSR count). The van der Waals surface area contributed by atoms with Gasteiger partial charge in [0.2, 0.25) is 5.91 Å². The molecular weight excluding hydrogens is 217 g/mol. The molecule has 0 aliphatic heterocycles. The van der Waals surface area contributed by atoms with Crippen LogP contribution in [0.2, 0.25) is 0 Å². The first kappa shape index (κ1) is 10.8. The number of carbonyl (C=O) groups excluding carboxylic acids is 1. The lowest BCUT2D eigenvalue weighted by Gasteiger charge is -2.20. The van der Waals surface area contributed by atoms with Crippen LogP contribution in [-0.2, 0) is 4.79 Å². The molecule has 17 heavy (non-hydrogen) atoms. The molecule has 90 valence electrons. The zero-order chi connectivity index (χ0) is 11.8. The first-order chi connectivity index (χ1) is 8.22. The Balaban J connectivity index is 1.65. The average molecular weight is 233 g/mol. The summed E-state index contributed by atoms with van der Waals surface area (Å²) < 4.78 is 12.7. The molecule has 0 aromatic heterocycles. The van der Waals surface area contributed by atoms with Gasteiger partial charge in [-0.25, -0.2) is 4.39 Å². The van der Waals surface area contributed by atoms with Gasteiger partial charge in [0.15, 0.2) is 0 Å².